The lowest BCUT2D eigenvalue weighted by Crippen LogP contribution is -2.55. The molecular weight excluding hydrogens is 329 g/mol. The van der Waals surface area contributed by atoms with E-state index < -0.39 is 37.5 Å². The van der Waals surface area contributed by atoms with Crippen LogP contribution in [0, 0.1) is 23.7 Å². The van der Waals surface area contributed by atoms with Crippen LogP contribution in [0.3, 0.4) is 0 Å². The molecule has 5 atom stereocenters. The summed E-state index contributed by atoms with van der Waals surface area (Å²) in [4.78, 5) is 0. The van der Waals surface area contributed by atoms with Crippen LogP contribution >= 0.6 is 0 Å². The Bertz CT molecular complexity index is 424. The van der Waals surface area contributed by atoms with E-state index in [9.17, 15) is 30.7 Å². The van der Waals surface area contributed by atoms with Crippen LogP contribution in [0.5, 0.6) is 0 Å². The van der Waals surface area contributed by atoms with E-state index in [-0.39, 0.29) is 12.0 Å². The maximum absolute atomic E-state index is 13.4. The van der Waals surface area contributed by atoms with Crippen LogP contribution in [-0.2, 0) is 4.74 Å². The number of halogens is 7. The first kappa shape index (κ1) is 18.8. The summed E-state index contributed by atoms with van der Waals surface area (Å²) >= 11 is 0. The van der Waals surface area contributed by atoms with Gasteiger partial charge in [0.15, 0.2) is 6.67 Å². The quantitative estimate of drug-likeness (QED) is 0.591. The van der Waals surface area contributed by atoms with E-state index in [2.05, 4.69) is 6.92 Å². The van der Waals surface area contributed by atoms with Crippen molar-refractivity contribution in [3.63, 3.8) is 0 Å². The van der Waals surface area contributed by atoms with Gasteiger partial charge in [0.05, 0.1) is 12.7 Å². The van der Waals surface area contributed by atoms with Gasteiger partial charge in [-0.3, -0.25) is 0 Å². The summed E-state index contributed by atoms with van der Waals surface area (Å²) in [5, 5.41) is 0. The highest BCUT2D eigenvalue weighted by Crippen LogP contribution is 2.53. The van der Waals surface area contributed by atoms with Crippen molar-refractivity contribution in [1.29, 1.82) is 0 Å². The molecule has 0 heterocycles. The Kier molecular flexibility index (Phi) is 4.97. The van der Waals surface area contributed by atoms with E-state index >= 15 is 0 Å². The van der Waals surface area contributed by atoms with E-state index in [0.717, 1.165) is 6.42 Å². The molecule has 8 heteroatoms. The first-order valence-corrected chi connectivity index (χ1v) is 7.75. The van der Waals surface area contributed by atoms with Gasteiger partial charge in [-0.15, -0.1) is 0 Å². The monoisotopic (exact) mass is 350 g/mol. The average Bonchev–Trinajstić information content (AvgIpc) is 2.99. The van der Waals surface area contributed by atoms with Crippen LogP contribution in [0.15, 0.2) is 0 Å². The summed E-state index contributed by atoms with van der Waals surface area (Å²) in [6, 6.07) is 0. The largest absolute Gasteiger partial charge is 0.378 e. The highest BCUT2D eigenvalue weighted by Gasteiger charge is 2.71. The highest BCUT2D eigenvalue weighted by molar-refractivity contribution is 4.99. The van der Waals surface area contributed by atoms with Crippen LogP contribution in [-0.4, -0.2) is 37.2 Å². The lowest BCUT2D eigenvalue weighted by Gasteiger charge is -2.33. The molecule has 0 amide bonds. The number of hydrogen-bond acceptors (Lipinski definition) is 1. The van der Waals surface area contributed by atoms with Gasteiger partial charge in [-0.25, -0.2) is 4.39 Å². The summed E-state index contributed by atoms with van der Waals surface area (Å²) in [5.41, 5.74) is 0. The van der Waals surface area contributed by atoms with Gasteiger partial charge >= 0.3 is 17.8 Å². The Morgan fingerprint density at radius 3 is 2.00 bits per heavy atom. The molecule has 0 N–H and O–H groups in total. The smallest absolute Gasteiger partial charge is 0.374 e. The Morgan fingerprint density at radius 1 is 0.913 bits per heavy atom. The van der Waals surface area contributed by atoms with Crippen molar-refractivity contribution in [2.75, 3.05) is 13.3 Å². The zero-order chi connectivity index (χ0) is 17.6. The van der Waals surface area contributed by atoms with Crippen molar-refractivity contribution >= 4 is 0 Å². The van der Waals surface area contributed by atoms with E-state index in [0.29, 0.717) is 24.2 Å². The second kappa shape index (κ2) is 6.08. The van der Waals surface area contributed by atoms with Crippen molar-refractivity contribution in [2.24, 2.45) is 23.7 Å². The Hall–Kier alpha value is -0.530. The van der Waals surface area contributed by atoms with Gasteiger partial charge in [-0.1, -0.05) is 13.8 Å². The molecule has 0 aliphatic heterocycles. The molecule has 23 heavy (non-hydrogen) atoms. The van der Waals surface area contributed by atoms with Crippen LogP contribution in [0.4, 0.5) is 30.7 Å². The van der Waals surface area contributed by atoms with E-state index in [4.69, 9.17) is 4.74 Å². The average molecular weight is 350 g/mol. The SMILES string of the molecule is CC1C2CC(OCCC(F)(F)C(F)(F)C(F)(F)CF)C(C2)C1C. The molecule has 0 aromatic carbocycles. The summed E-state index contributed by atoms with van der Waals surface area (Å²) in [7, 11) is 0. The van der Waals surface area contributed by atoms with Gasteiger partial charge in [-0.05, 0) is 36.5 Å². The minimum absolute atomic E-state index is 0.191. The van der Waals surface area contributed by atoms with E-state index in [1.807, 2.05) is 6.92 Å². The summed E-state index contributed by atoms with van der Waals surface area (Å²) in [6.45, 7) is 0.562. The predicted octanol–water partition coefficient (Wildman–Crippen LogP) is 4.95. The third-order valence-corrected chi connectivity index (χ3v) is 5.67. The molecular formula is C15H21F7O. The van der Waals surface area contributed by atoms with Crippen molar-refractivity contribution in [1.82, 2.24) is 0 Å². The van der Waals surface area contributed by atoms with E-state index in [1.54, 1.807) is 0 Å². The Labute approximate surface area is 130 Å². The third kappa shape index (κ3) is 3.07. The topological polar surface area (TPSA) is 9.23 Å². The Morgan fingerprint density at radius 2 is 1.52 bits per heavy atom. The fourth-order valence-corrected chi connectivity index (χ4v) is 3.91. The normalized spacial score (nSPS) is 35.1. The molecule has 5 unspecified atom stereocenters. The number of alkyl halides is 7. The lowest BCUT2D eigenvalue weighted by molar-refractivity contribution is -0.315. The summed E-state index contributed by atoms with van der Waals surface area (Å²) < 4.78 is 95.8. The van der Waals surface area contributed by atoms with E-state index in [1.165, 1.54) is 0 Å². The number of fused-ring (bicyclic) bond motifs is 2. The zero-order valence-electron chi connectivity index (χ0n) is 13.0. The van der Waals surface area contributed by atoms with Crippen LogP contribution in [0.25, 0.3) is 0 Å². The van der Waals surface area contributed by atoms with Crippen LogP contribution < -0.4 is 0 Å². The summed E-state index contributed by atoms with van der Waals surface area (Å²) in [5.74, 6) is -14.7. The first-order chi connectivity index (χ1) is 10.4. The van der Waals surface area contributed by atoms with Crippen molar-refractivity contribution in [3.05, 3.63) is 0 Å². The number of rotatable bonds is 7. The Balaban J connectivity index is 1.89. The molecule has 2 aliphatic carbocycles. The molecule has 2 saturated carbocycles. The van der Waals surface area contributed by atoms with Gasteiger partial charge < -0.3 is 4.74 Å². The second-order valence-corrected chi connectivity index (χ2v) is 6.89. The molecule has 2 bridgehead atoms. The fourth-order valence-electron chi connectivity index (χ4n) is 3.91. The zero-order valence-corrected chi connectivity index (χ0v) is 13.0. The third-order valence-electron chi connectivity index (χ3n) is 5.67. The number of hydrogen-bond donors (Lipinski definition) is 0. The van der Waals surface area contributed by atoms with Gasteiger partial charge in [0.1, 0.15) is 0 Å². The molecule has 0 aromatic heterocycles. The standard InChI is InChI=1S/C15H21F7O/c1-8-9(2)11-5-10(8)6-12(11)23-4-3-13(17,18)15(21,22)14(19,20)7-16/h8-12H,3-7H2,1-2H3. The molecule has 2 rings (SSSR count). The van der Waals surface area contributed by atoms with Gasteiger partial charge in [0, 0.05) is 6.42 Å². The molecule has 1 nitrogen and oxygen atoms in total. The second-order valence-electron chi connectivity index (χ2n) is 6.89. The van der Waals surface area contributed by atoms with Gasteiger partial charge in [0.2, 0.25) is 0 Å². The summed E-state index contributed by atoms with van der Waals surface area (Å²) in [6.07, 6.45) is -0.261. The van der Waals surface area contributed by atoms with Crippen molar-refractivity contribution in [3.8, 4) is 0 Å². The first-order valence-electron chi connectivity index (χ1n) is 7.75. The van der Waals surface area contributed by atoms with Crippen molar-refractivity contribution in [2.45, 2.75) is 57.0 Å². The van der Waals surface area contributed by atoms with Gasteiger partial charge in [0.25, 0.3) is 0 Å². The molecule has 2 aliphatic rings. The maximum Gasteiger partial charge on any atom is 0.374 e. The van der Waals surface area contributed by atoms with Crippen molar-refractivity contribution < 1.29 is 35.5 Å². The molecule has 0 saturated heterocycles. The molecule has 0 spiro atoms. The van der Waals surface area contributed by atoms with Gasteiger partial charge in [-0.2, -0.15) is 26.3 Å². The van der Waals surface area contributed by atoms with Crippen LogP contribution in [0.1, 0.15) is 33.1 Å². The fraction of sp³-hybridized carbons (Fsp3) is 1.00. The molecule has 0 aromatic rings. The number of ether oxygens (including phenoxy) is 1. The lowest BCUT2D eigenvalue weighted by atomic mass is 9.80. The molecule has 136 valence electrons. The minimum Gasteiger partial charge on any atom is -0.378 e. The minimum atomic E-state index is -5.74. The van der Waals surface area contributed by atoms with Crippen LogP contribution in [0.2, 0.25) is 0 Å². The molecule has 2 fully saturated rings. The maximum atomic E-state index is 13.4. The highest BCUT2D eigenvalue weighted by atomic mass is 19.3. The molecule has 0 radical (unpaired) electrons. The predicted molar refractivity (Wildman–Crippen MR) is 69.7 cm³/mol.